The van der Waals surface area contributed by atoms with Gasteiger partial charge in [-0.15, -0.1) is 23.7 Å². The second-order valence-corrected chi connectivity index (χ2v) is 8.18. The van der Waals surface area contributed by atoms with Crippen LogP contribution in [0.5, 0.6) is 0 Å². The van der Waals surface area contributed by atoms with Gasteiger partial charge in [0.25, 0.3) is 0 Å². The van der Waals surface area contributed by atoms with E-state index in [1.807, 2.05) is 0 Å². The molecule has 0 aromatic carbocycles. The van der Waals surface area contributed by atoms with E-state index in [9.17, 15) is 4.79 Å². The zero-order chi connectivity index (χ0) is 15.1. The van der Waals surface area contributed by atoms with Gasteiger partial charge in [-0.05, 0) is 59.9 Å². The molecule has 1 fully saturated rings. The topological polar surface area (TPSA) is 44.4 Å². The molecule has 1 unspecified atom stereocenters. The van der Waals surface area contributed by atoms with Gasteiger partial charge in [-0.25, -0.2) is 0 Å². The molecule has 1 aromatic heterocycles. The first-order valence-corrected chi connectivity index (χ1v) is 9.16. The first-order chi connectivity index (χ1) is 10.1. The van der Waals surface area contributed by atoms with Crippen molar-refractivity contribution in [1.29, 1.82) is 0 Å². The van der Waals surface area contributed by atoms with Gasteiger partial charge in [-0.1, -0.05) is 0 Å². The third-order valence-corrected chi connectivity index (χ3v) is 5.33. The van der Waals surface area contributed by atoms with Crippen LogP contribution in [0.2, 0.25) is 0 Å². The molecule has 1 aromatic rings. The number of hydrogen-bond donors (Lipinski definition) is 2. The molecule has 2 rings (SSSR count). The Labute approximate surface area is 151 Å². The fourth-order valence-electron chi connectivity index (χ4n) is 2.73. The summed E-state index contributed by atoms with van der Waals surface area (Å²) in [6.07, 6.45) is 2.58. The Bertz CT molecular complexity index is 452. The number of carbonyl (C=O) groups excluding carboxylic acids is 1. The normalized spacial score (nSPS) is 18.0. The van der Waals surface area contributed by atoms with E-state index in [-0.39, 0.29) is 18.3 Å². The summed E-state index contributed by atoms with van der Waals surface area (Å²) in [6, 6.07) is 4.29. The summed E-state index contributed by atoms with van der Waals surface area (Å²) in [7, 11) is 0. The van der Waals surface area contributed by atoms with Crippen LogP contribution in [0.4, 0.5) is 0 Å². The van der Waals surface area contributed by atoms with Crippen LogP contribution < -0.4 is 10.6 Å². The molecule has 0 radical (unpaired) electrons. The molecular formula is C15H25BrClN3OS. The highest BCUT2D eigenvalue weighted by Gasteiger charge is 2.17. The van der Waals surface area contributed by atoms with Crippen molar-refractivity contribution in [3.8, 4) is 0 Å². The van der Waals surface area contributed by atoms with Crippen LogP contribution in [0.3, 0.4) is 0 Å². The van der Waals surface area contributed by atoms with Gasteiger partial charge in [0.05, 0.1) is 3.79 Å². The molecule has 126 valence electrons. The molecule has 1 aliphatic rings. The number of rotatable bonds is 7. The first-order valence-electron chi connectivity index (χ1n) is 7.55. The molecule has 7 heteroatoms. The van der Waals surface area contributed by atoms with Crippen LogP contribution >= 0.6 is 39.7 Å². The summed E-state index contributed by atoms with van der Waals surface area (Å²) in [5, 5.41) is 6.38. The van der Waals surface area contributed by atoms with Gasteiger partial charge in [0.2, 0.25) is 5.91 Å². The van der Waals surface area contributed by atoms with Crippen molar-refractivity contribution < 1.29 is 4.79 Å². The molecule has 0 spiro atoms. The molecule has 4 nitrogen and oxygen atoms in total. The molecule has 1 atom stereocenters. The minimum absolute atomic E-state index is 0. The summed E-state index contributed by atoms with van der Waals surface area (Å²) in [6.45, 7) is 7.54. The maximum Gasteiger partial charge on any atom is 0.216 e. The van der Waals surface area contributed by atoms with E-state index in [2.05, 4.69) is 43.6 Å². The van der Waals surface area contributed by atoms with Crippen LogP contribution in [-0.4, -0.2) is 43.5 Å². The largest absolute Gasteiger partial charge is 0.355 e. The molecule has 2 heterocycles. The second-order valence-electron chi connectivity index (χ2n) is 5.64. The smallest absolute Gasteiger partial charge is 0.216 e. The molecule has 1 amide bonds. The maximum atomic E-state index is 11.0. The third-order valence-electron chi connectivity index (χ3n) is 3.73. The van der Waals surface area contributed by atoms with E-state index in [0.717, 1.165) is 45.2 Å². The SMILES string of the molecule is CC(=O)NCCN(Cc1ccc(Br)s1)CC1CCCNC1.Cl. The lowest BCUT2D eigenvalue weighted by Crippen LogP contribution is -2.40. The van der Waals surface area contributed by atoms with Crippen LogP contribution in [-0.2, 0) is 11.3 Å². The van der Waals surface area contributed by atoms with Crippen molar-refractivity contribution >= 4 is 45.6 Å². The Morgan fingerprint density at radius 2 is 2.36 bits per heavy atom. The lowest BCUT2D eigenvalue weighted by Gasteiger charge is -2.30. The van der Waals surface area contributed by atoms with Crippen molar-refractivity contribution in [1.82, 2.24) is 15.5 Å². The minimum Gasteiger partial charge on any atom is -0.355 e. The highest BCUT2D eigenvalue weighted by molar-refractivity contribution is 9.11. The maximum absolute atomic E-state index is 11.0. The monoisotopic (exact) mass is 409 g/mol. The van der Waals surface area contributed by atoms with Crippen molar-refractivity contribution in [2.24, 2.45) is 5.92 Å². The molecule has 0 bridgehead atoms. The summed E-state index contributed by atoms with van der Waals surface area (Å²) in [5.74, 6) is 0.771. The van der Waals surface area contributed by atoms with E-state index in [1.54, 1.807) is 18.3 Å². The van der Waals surface area contributed by atoms with Crippen molar-refractivity contribution in [2.75, 3.05) is 32.7 Å². The van der Waals surface area contributed by atoms with Gasteiger partial charge in [-0.3, -0.25) is 9.69 Å². The summed E-state index contributed by atoms with van der Waals surface area (Å²) >= 11 is 5.32. The van der Waals surface area contributed by atoms with E-state index in [1.165, 1.54) is 21.5 Å². The average molecular weight is 411 g/mol. The van der Waals surface area contributed by atoms with Gasteiger partial charge >= 0.3 is 0 Å². The predicted molar refractivity (Wildman–Crippen MR) is 98.8 cm³/mol. The molecule has 22 heavy (non-hydrogen) atoms. The van der Waals surface area contributed by atoms with Gasteiger partial charge in [0.15, 0.2) is 0 Å². The van der Waals surface area contributed by atoms with Crippen molar-refractivity contribution in [2.45, 2.75) is 26.3 Å². The highest BCUT2D eigenvalue weighted by Crippen LogP contribution is 2.24. The van der Waals surface area contributed by atoms with Gasteiger partial charge in [0, 0.05) is 38.0 Å². The number of piperidine rings is 1. The minimum atomic E-state index is 0. The Balaban J connectivity index is 0.00000242. The van der Waals surface area contributed by atoms with Crippen molar-refractivity contribution in [3.05, 3.63) is 20.8 Å². The zero-order valence-corrected chi connectivity index (χ0v) is 16.2. The summed E-state index contributed by atoms with van der Waals surface area (Å²) in [4.78, 5) is 14.9. The zero-order valence-electron chi connectivity index (χ0n) is 12.9. The molecular weight excluding hydrogens is 386 g/mol. The van der Waals surface area contributed by atoms with Gasteiger partial charge in [0.1, 0.15) is 0 Å². The Morgan fingerprint density at radius 1 is 1.55 bits per heavy atom. The molecule has 1 aliphatic heterocycles. The number of nitrogens with one attached hydrogen (secondary N) is 2. The molecule has 0 saturated carbocycles. The fourth-order valence-corrected chi connectivity index (χ4v) is 4.25. The Kier molecular flexibility index (Phi) is 9.59. The van der Waals surface area contributed by atoms with Crippen molar-refractivity contribution in [3.63, 3.8) is 0 Å². The standard InChI is InChI=1S/C15H24BrN3OS.ClH/c1-12(20)18-7-8-19(10-13-3-2-6-17-9-13)11-14-4-5-15(16)21-14;/h4-5,13,17H,2-3,6-11H2,1H3,(H,18,20);1H. The van der Waals surface area contributed by atoms with Gasteiger partial charge < -0.3 is 10.6 Å². The molecule has 1 saturated heterocycles. The lowest BCUT2D eigenvalue weighted by molar-refractivity contribution is -0.119. The van der Waals surface area contributed by atoms with Crippen LogP contribution in [0, 0.1) is 5.92 Å². The van der Waals surface area contributed by atoms with E-state index in [4.69, 9.17) is 0 Å². The lowest BCUT2D eigenvalue weighted by atomic mass is 9.99. The van der Waals surface area contributed by atoms with Crippen LogP contribution in [0.1, 0.15) is 24.6 Å². The molecule has 0 aliphatic carbocycles. The van der Waals surface area contributed by atoms with Gasteiger partial charge in [-0.2, -0.15) is 0 Å². The fraction of sp³-hybridized carbons (Fsp3) is 0.667. The second kappa shape index (κ2) is 10.6. The predicted octanol–water partition coefficient (Wildman–Crippen LogP) is 2.87. The number of halogens is 2. The number of carbonyl (C=O) groups is 1. The Hall–Kier alpha value is -0.140. The highest BCUT2D eigenvalue weighted by atomic mass is 79.9. The average Bonchev–Trinajstić information content (AvgIpc) is 2.85. The van der Waals surface area contributed by atoms with Crippen LogP contribution in [0.25, 0.3) is 0 Å². The molecule has 2 N–H and O–H groups in total. The summed E-state index contributed by atoms with van der Waals surface area (Å²) < 4.78 is 1.18. The van der Waals surface area contributed by atoms with E-state index in [0.29, 0.717) is 0 Å². The van der Waals surface area contributed by atoms with E-state index < -0.39 is 0 Å². The number of thiophene rings is 1. The van der Waals surface area contributed by atoms with Crippen LogP contribution in [0.15, 0.2) is 15.9 Å². The number of hydrogen-bond acceptors (Lipinski definition) is 4. The third kappa shape index (κ3) is 7.42. The first kappa shape index (κ1) is 19.9. The number of nitrogens with zero attached hydrogens (tertiary/aromatic N) is 1. The number of amides is 1. The Morgan fingerprint density at radius 3 is 2.95 bits per heavy atom. The summed E-state index contributed by atoms with van der Waals surface area (Å²) in [5.41, 5.74) is 0. The van der Waals surface area contributed by atoms with E-state index >= 15 is 0 Å². The quantitative estimate of drug-likeness (QED) is 0.726.